The van der Waals surface area contributed by atoms with Gasteiger partial charge in [0.05, 0.1) is 0 Å². The maximum absolute atomic E-state index is 15.0. The number of benzene rings is 1. The van der Waals surface area contributed by atoms with Crippen LogP contribution < -0.4 is 4.90 Å². The summed E-state index contributed by atoms with van der Waals surface area (Å²) >= 11 is 6.06. The van der Waals surface area contributed by atoms with Gasteiger partial charge in [-0.1, -0.05) is 41.9 Å². The number of nitrogens with zero attached hydrogens (tertiary/aromatic N) is 3. The fraction of sp³-hybridized carbons (Fsp3) is 0.429. The molecular formula is C21H24ClF2N3O2. The Hall–Kier alpha value is -2.41. The van der Waals surface area contributed by atoms with Crippen LogP contribution in [0.5, 0.6) is 0 Å². The van der Waals surface area contributed by atoms with Gasteiger partial charge in [-0.15, -0.1) is 0 Å². The second-order valence-corrected chi connectivity index (χ2v) is 8.32. The Kier molecular flexibility index (Phi) is 5.98. The third-order valence-electron chi connectivity index (χ3n) is 4.53. The van der Waals surface area contributed by atoms with Crippen LogP contribution in [0.25, 0.3) is 0 Å². The van der Waals surface area contributed by atoms with Crippen LogP contribution >= 0.6 is 11.6 Å². The monoisotopic (exact) mass is 423 g/mol. The standard InChI is InChI=1S/C21H24ClF2N3O2/c1-20(2,3)29-19(28)27-11-9-26(10-12-27)18-14-16(13-17(22)25-18)21(23,24)15-7-5-4-6-8-15/h4-8,13-14H,9-12H2,1-3H3. The number of rotatable bonds is 3. The van der Waals surface area contributed by atoms with E-state index in [9.17, 15) is 13.6 Å². The van der Waals surface area contributed by atoms with Gasteiger partial charge in [-0.05, 0) is 32.9 Å². The molecule has 2 heterocycles. The van der Waals surface area contributed by atoms with Crippen molar-refractivity contribution in [2.24, 2.45) is 0 Å². The smallest absolute Gasteiger partial charge is 0.410 e. The van der Waals surface area contributed by atoms with Crippen LogP contribution in [0.3, 0.4) is 0 Å². The van der Waals surface area contributed by atoms with E-state index in [2.05, 4.69) is 4.98 Å². The van der Waals surface area contributed by atoms with E-state index in [1.807, 2.05) is 25.7 Å². The SMILES string of the molecule is CC(C)(C)OC(=O)N1CCN(c2cc(C(F)(F)c3ccccc3)cc(Cl)n2)CC1. The van der Waals surface area contributed by atoms with Crippen LogP contribution in [0.4, 0.5) is 19.4 Å². The van der Waals surface area contributed by atoms with E-state index in [1.165, 1.54) is 24.3 Å². The summed E-state index contributed by atoms with van der Waals surface area (Å²) in [5.41, 5.74) is -0.892. The van der Waals surface area contributed by atoms with Crippen LogP contribution in [0.15, 0.2) is 42.5 Å². The molecule has 29 heavy (non-hydrogen) atoms. The number of halogens is 3. The number of aromatic nitrogens is 1. The van der Waals surface area contributed by atoms with Crippen molar-refractivity contribution in [2.45, 2.75) is 32.3 Å². The van der Waals surface area contributed by atoms with Crippen LogP contribution in [-0.4, -0.2) is 47.8 Å². The molecule has 3 rings (SSSR count). The van der Waals surface area contributed by atoms with Gasteiger partial charge in [0, 0.05) is 37.3 Å². The third kappa shape index (κ3) is 5.15. The van der Waals surface area contributed by atoms with Crippen molar-refractivity contribution in [3.8, 4) is 0 Å². The Balaban J connectivity index is 1.75. The molecule has 1 aromatic heterocycles. The zero-order valence-corrected chi connectivity index (χ0v) is 17.4. The number of amides is 1. The van der Waals surface area contributed by atoms with Crippen molar-refractivity contribution >= 4 is 23.5 Å². The number of piperazine rings is 1. The van der Waals surface area contributed by atoms with Crippen molar-refractivity contribution in [3.05, 3.63) is 58.7 Å². The molecule has 1 aliphatic rings. The fourth-order valence-electron chi connectivity index (χ4n) is 3.09. The van der Waals surface area contributed by atoms with E-state index in [0.29, 0.717) is 32.0 Å². The molecule has 0 bridgehead atoms. The molecule has 8 heteroatoms. The molecule has 1 saturated heterocycles. The number of hydrogen-bond donors (Lipinski definition) is 0. The topological polar surface area (TPSA) is 45.7 Å². The Bertz CT molecular complexity index is 864. The lowest BCUT2D eigenvalue weighted by atomic mass is 10.0. The molecule has 0 saturated carbocycles. The maximum Gasteiger partial charge on any atom is 0.410 e. The van der Waals surface area contributed by atoms with Crippen LogP contribution in [0.1, 0.15) is 31.9 Å². The zero-order valence-electron chi connectivity index (χ0n) is 16.7. The highest BCUT2D eigenvalue weighted by molar-refractivity contribution is 6.29. The Morgan fingerprint density at radius 1 is 1.03 bits per heavy atom. The normalized spacial score (nSPS) is 15.4. The molecule has 1 aliphatic heterocycles. The van der Waals surface area contributed by atoms with Gasteiger partial charge in [0.1, 0.15) is 16.6 Å². The molecule has 0 atom stereocenters. The van der Waals surface area contributed by atoms with E-state index in [4.69, 9.17) is 16.3 Å². The summed E-state index contributed by atoms with van der Waals surface area (Å²) < 4.78 is 35.3. The van der Waals surface area contributed by atoms with Crippen molar-refractivity contribution in [1.29, 1.82) is 0 Å². The zero-order chi connectivity index (χ0) is 21.2. The minimum Gasteiger partial charge on any atom is -0.444 e. The molecule has 1 fully saturated rings. The number of ether oxygens (including phenoxy) is 1. The highest BCUT2D eigenvalue weighted by Crippen LogP contribution is 2.37. The Morgan fingerprint density at radius 3 is 2.24 bits per heavy atom. The van der Waals surface area contributed by atoms with E-state index >= 15 is 0 Å². The van der Waals surface area contributed by atoms with Crippen molar-refractivity contribution in [1.82, 2.24) is 9.88 Å². The molecule has 0 radical (unpaired) electrons. The largest absolute Gasteiger partial charge is 0.444 e. The van der Waals surface area contributed by atoms with Crippen molar-refractivity contribution in [2.75, 3.05) is 31.1 Å². The van der Waals surface area contributed by atoms with Crippen LogP contribution in [-0.2, 0) is 10.7 Å². The second kappa shape index (κ2) is 8.14. The summed E-state index contributed by atoms with van der Waals surface area (Å²) in [5.74, 6) is -2.83. The first-order valence-corrected chi connectivity index (χ1v) is 9.78. The predicted molar refractivity (Wildman–Crippen MR) is 109 cm³/mol. The molecule has 5 nitrogen and oxygen atoms in total. The van der Waals surface area contributed by atoms with Gasteiger partial charge in [-0.2, -0.15) is 8.78 Å². The highest BCUT2D eigenvalue weighted by atomic mass is 35.5. The van der Waals surface area contributed by atoms with E-state index < -0.39 is 11.5 Å². The van der Waals surface area contributed by atoms with Gasteiger partial charge in [-0.3, -0.25) is 0 Å². The van der Waals surface area contributed by atoms with Gasteiger partial charge < -0.3 is 14.5 Å². The van der Waals surface area contributed by atoms with E-state index in [1.54, 1.807) is 23.1 Å². The lowest BCUT2D eigenvalue weighted by molar-refractivity contribution is 0.0240. The molecule has 2 aromatic rings. The van der Waals surface area contributed by atoms with Gasteiger partial charge in [-0.25, -0.2) is 9.78 Å². The van der Waals surface area contributed by atoms with Crippen LogP contribution in [0.2, 0.25) is 5.15 Å². The molecule has 156 valence electrons. The van der Waals surface area contributed by atoms with E-state index in [0.717, 1.165) is 0 Å². The predicted octanol–water partition coefficient (Wildman–Crippen LogP) is 4.93. The lowest BCUT2D eigenvalue weighted by Gasteiger charge is -2.36. The summed E-state index contributed by atoms with van der Waals surface area (Å²) in [7, 11) is 0. The minimum atomic E-state index is -3.19. The number of anilines is 1. The first kappa shape index (κ1) is 21.3. The first-order valence-electron chi connectivity index (χ1n) is 9.40. The summed E-state index contributed by atoms with van der Waals surface area (Å²) in [5, 5.41) is 0.00248. The average Bonchev–Trinajstić information content (AvgIpc) is 2.67. The van der Waals surface area contributed by atoms with Gasteiger partial charge in [0.2, 0.25) is 0 Å². The molecule has 0 unspecified atom stereocenters. The van der Waals surface area contributed by atoms with Gasteiger partial charge in [0.15, 0.2) is 0 Å². The van der Waals surface area contributed by atoms with Gasteiger partial charge in [0.25, 0.3) is 5.92 Å². The average molecular weight is 424 g/mol. The summed E-state index contributed by atoms with van der Waals surface area (Å²) in [6.45, 7) is 7.15. The summed E-state index contributed by atoms with van der Waals surface area (Å²) in [6, 6.07) is 10.2. The number of alkyl halides is 2. The molecule has 0 spiro atoms. The number of pyridine rings is 1. The minimum absolute atomic E-state index is 0.00248. The van der Waals surface area contributed by atoms with Crippen molar-refractivity contribution < 1.29 is 18.3 Å². The summed E-state index contributed by atoms with van der Waals surface area (Å²) in [6.07, 6.45) is -0.382. The third-order valence-corrected chi connectivity index (χ3v) is 4.73. The first-order chi connectivity index (χ1) is 13.6. The second-order valence-electron chi connectivity index (χ2n) is 7.93. The Labute approximate surface area is 174 Å². The Morgan fingerprint density at radius 2 is 1.66 bits per heavy atom. The molecule has 0 aliphatic carbocycles. The van der Waals surface area contributed by atoms with Crippen molar-refractivity contribution in [3.63, 3.8) is 0 Å². The lowest BCUT2D eigenvalue weighted by Crippen LogP contribution is -2.50. The van der Waals surface area contributed by atoms with E-state index in [-0.39, 0.29) is 22.4 Å². The quantitative estimate of drug-likeness (QED) is 0.656. The summed E-state index contributed by atoms with van der Waals surface area (Å²) in [4.78, 5) is 19.9. The number of hydrogen-bond acceptors (Lipinski definition) is 4. The maximum atomic E-state index is 15.0. The van der Waals surface area contributed by atoms with Crippen LogP contribution in [0, 0.1) is 0 Å². The molecule has 1 amide bonds. The highest BCUT2D eigenvalue weighted by Gasteiger charge is 2.35. The molecule has 1 aromatic carbocycles. The number of carbonyl (C=O) groups is 1. The molecular weight excluding hydrogens is 400 g/mol. The fourth-order valence-corrected chi connectivity index (χ4v) is 3.29. The molecule has 0 N–H and O–H groups in total. The van der Waals surface area contributed by atoms with Gasteiger partial charge >= 0.3 is 6.09 Å². The number of carbonyl (C=O) groups excluding carboxylic acids is 1.